The molecular formula is C10H11N3O3S. The minimum Gasteiger partial charge on any atom is -0.481 e. The number of aryl methyl sites for hydroxylation is 1. The molecule has 6 nitrogen and oxygen atoms in total. The van der Waals surface area contributed by atoms with Crippen molar-refractivity contribution < 1.29 is 9.90 Å². The van der Waals surface area contributed by atoms with Gasteiger partial charge in [-0.2, -0.15) is 0 Å². The molecule has 0 atom stereocenters. The van der Waals surface area contributed by atoms with E-state index >= 15 is 0 Å². The Morgan fingerprint density at radius 2 is 2.41 bits per heavy atom. The molecule has 0 saturated carbocycles. The van der Waals surface area contributed by atoms with E-state index in [9.17, 15) is 9.59 Å². The van der Waals surface area contributed by atoms with Crippen LogP contribution in [0.2, 0.25) is 0 Å². The van der Waals surface area contributed by atoms with Gasteiger partial charge < -0.3 is 10.1 Å². The number of carboxylic acid groups (broad SMARTS) is 1. The molecule has 0 aliphatic carbocycles. The van der Waals surface area contributed by atoms with E-state index in [0.29, 0.717) is 18.0 Å². The Kier molecular flexibility index (Phi) is 3.38. The highest BCUT2D eigenvalue weighted by Crippen LogP contribution is 2.14. The van der Waals surface area contributed by atoms with Crippen molar-refractivity contribution in [3.63, 3.8) is 0 Å². The smallest absolute Gasteiger partial charge is 0.331 e. The van der Waals surface area contributed by atoms with E-state index in [2.05, 4.69) is 9.97 Å². The van der Waals surface area contributed by atoms with Crippen LogP contribution in [0.15, 0.2) is 22.6 Å². The summed E-state index contributed by atoms with van der Waals surface area (Å²) in [6, 6.07) is 0. The Balaban J connectivity index is 2.04. The lowest BCUT2D eigenvalue weighted by atomic mass is 10.2. The lowest BCUT2D eigenvalue weighted by Gasteiger charge is -1.94. The van der Waals surface area contributed by atoms with Crippen LogP contribution in [0.25, 0.3) is 5.13 Å². The molecule has 0 aliphatic rings. The van der Waals surface area contributed by atoms with E-state index in [1.54, 1.807) is 12.4 Å². The molecule has 0 spiro atoms. The number of rotatable bonds is 5. The number of nitrogens with one attached hydrogen (secondary N) is 1. The molecule has 0 aromatic carbocycles. The van der Waals surface area contributed by atoms with Gasteiger partial charge in [-0.25, -0.2) is 14.3 Å². The van der Waals surface area contributed by atoms with Gasteiger partial charge in [0.25, 0.3) is 0 Å². The van der Waals surface area contributed by atoms with E-state index in [1.807, 2.05) is 5.38 Å². The van der Waals surface area contributed by atoms with Crippen LogP contribution in [0.1, 0.15) is 18.5 Å². The highest BCUT2D eigenvalue weighted by Gasteiger charge is 2.06. The van der Waals surface area contributed by atoms with Crippen LogP contribution in [-0.4, -0.2) is 25.6 Å². The molecule has 0 amide bonds. The summed E-state index contributed by atoms with van der Waals surface area (Å²) in [5.41, 5.74) is 0.593. The predicted molar refractivity (Wildman–Crippen MR) is 62.6 cm³/mol. The molecule has 2 rings (SSSR count). The summed E-state index contributed by atoms with van der Waals surface area (Å²) in [5.74, 6) is -0.803. The lowest BCUT2D eigenvalue weighted by molar-refractivity contribution is -0.137. The molecule has 0 fully saturated rings. The summed E-state index contributed by atoms with van der Waals surface area (Å²) in [4.78, 5) is 28.5. The van der Waals surface area contributed by atoms with Gasteiger partial charge in [0.1, 0.15) is 0 Å². The van der Waals surface area contributed by atoms with Gasteiger partial charge in [-0.3, -0.25) is 4.79 Å². The first-order valence-corrected chi connectivity index (χ1v) is 5.97. The Labute approximate surface area is 101 Å². The van der Waals surface area contributed by atoms with E-state index in [0.717, 1.165) is 5.69 Å². The van der Waals surface area contributed by atoms with Gasteiger partial charge in [0, 0.05) is 24.2 Å². The molecule has 90 valence electrons. The SMILES string of the molecule is O=C(O)CCCc1csc(-n2cc[nH]c2=O)n1. The van der Waals surface area contributed by atoms with Crippen LogP contribution in [0.4, 0.5) is 0 Å². The van der Waals surface area contributed by atoms with Gasteiger partial charge in [0.15, 0.2) is 5.13 Å². The number of carbonyl (C=O) groups is 1. The highest BCUT2D eigenvalue weighted by molar-refractivity contribution is 7.12. The average molecular weight is 253 g/mol. The fourth-order valence-electron chi connectivity index (χ4n) is 1.41. The monoisotopic (exact) mass is 253 g/mol. The molecular weight excluding hydrogens is 242 g/mol. The average Bonchev–Trinajstić information content (AvgIpc) is 2.86. The molecule has 0 unspecified atom stereocenters. The normalized spacial score (nSPS) is 10.6. The number of hydrogen-bond acceptors (Lipinski definition) is 4. The van der Waals surface area contributed by atoms with Crippen molar-refractivity contribution in [3.05, 3.63) is 34.0 Å². The molecule has 17 heavy (non-hydrogen) atoms. The van der Waals surface area contributed by atoms with Crippen LogP contribution >= 0.6 is 11.3 Å². The Hall–Kier alpha value is -1.89. The second-order valence-electron chi connectivity index (χ2n) is 3.50. The van der Waals surface area contributed by atoms with Crippen molar-refractivity contribution in [2.24, 2.45) is 0 Å². The second kappa shape index (κ2) is 4.96. The molecule has 2 heterocycles. The number of imidazole rings is 1. The summed E-state index contributed by atoms with van der Waals surface area (Å²) in [6.45, 7) is 0. The standard InChI is InChI=1S/C10H11N3O3S/c14-8(15)3-1-2-7-6-17-10(12-7)13-5-4-11-9(13)16/h4-6H,1-3H2,(H,11,16)(H,14,15). The third-order valence-corrected chi connectivity index (χ3v) is 3.11. The summed E-state index contributed by atoms with van der Waals surface area (Å²) >= 11 is 1.36. The molecule has 0 saturated heterocycles. The lowest BCUT2D eigenvalue weighted by Crippen LogP contribution is -2.13. The fraction of sp³-hybridized carbons (Fsp3) is 0.300. The Morgan fingerprint density at radius 1 is 1.59 bits per heavy atom. The summed E-state index contributed by atoms with van der Waals surface area (Å²) in [6.07, 6.45) is 4.47. The predicted octanol–water partition coefficient (Wildman–Crippen LogP) is 1.03. The third-order valence-electron chi connectivity index (χ3n) is 2.22. The minimum absolute atomic E-state index is 0.136. The van der Waals surface area contributed by atoms with Crippen LogP contribution in [0.3, 0.4) is 0 Å². The van der Waals surface area contributed by atoms with Gasteiger partial charge in [0.2, 0.25) is 0 Å². The maximum Gasteiger partial charge on any atom is 0.331 e. The topological polar surface area (TPSA) is 88.0 Å². The first-order chi connectivity index (χ1) is 8.16. The van der Waals surface area contributed by atoms with Crippen LogP contribution in [-0.2, 0) is 11.2 Å². The first-order valence-electron chi connectivity index (χ1n) is 5.09. The number of aromatic nitrogens is 3. The summed E-state index contributed by atoms with van der Waals surface area (Å²) < 4.78 is 1.42. The van der Waals surface area contributed by atoms with Gasteiger partial charge in [0.05, 0.1) is 5.69 Å². The Morgan fingerprint density at radius 3 is 3.06 bits per heavy atom. The van der Waals surface area contributed by atoms with Crippen molar-refractivity contribution in [2.45, 2.75) is 19.3 Å². The van der Waals surface area contributed by atoms with Gasteiger partial charge in [-0.05, 0) is 12.8 Å². The zero-order chi connectivity index (χ0) is 12.3. The molecule has 7 heteroatoms. The van der Waals surface area contributed by atoms with Crippen LogP contribution < -0.4 is 5.69 Å². The van der Waals surface area contributed by atoms with Gasteiger partial charge >= 0.3 is 11.7 Å². The van der Waals surface area contributed by atoms with Crippen molar-refractivity contribution in [2.75, 3.05) is 0 Å². The zero-order valence-electron chi connectivity index (χ0n) is 8.92. The number of aliphatic carboxylic acids is 1. The highest BCUT2D eigenvalue weighted by atomic mass is 32.1. The van der Waals surface area contributed by atoms with Crippen LogP contribution in [0.5, 0.6) is 0 Å². The largest absolute Gasteiger partial charge is 0.481 e. The second-order valence-corrected chi connectivity index (χ2v) is 4.34. The quantitative estimate of drug-likeness (QED) is 0.833. The molecule has 2 N–H and O–H groups in total. The minimum atomic E-state index is -0.803. The molecule has 0 radical (unpaired) electrons. The molecule has 0 aliphatic heterocycles. The van der Waals surface area contributed by atoms with Crippen molar-refractivity contribution in [3.8, 4) is 5.13 Å². The summed E-state index contributed by atoms with van der Waals surface area (Å²) in [5, 5.41) is 11.0. The van der Waals surface area contributed by atoms with E-state index in [4.69, 9.17) is 5.11 Å². The summed E-state index contributed by atoms with van der Waals surface area (Å²) in [7, 11) is 0. The van der Waals surface area contributed by atoms with E-state index in [1.165, 1.54) is 15.9 Å². The van der Waals surface area contributed by atoms with Gasteiger partial charge in [-0.15, -0.1) is 11.3 Å². The number of hydrogen-bond donors (Lipinski definition) is 2. The number of nitrogens with zero attached hydrogens (tertiary/aromatic N) is 2. The van der Waals surface area contributed by atoms with Gasteiger partial charge in [-0.1, -0.05) is 0 Å². The van der Waals surface area contributed by atoms with Crippen molar-refractivity contribution >= 4 is 17.3 Å². The number of H-pyrrole nitrogens is 1. The van der Waals surface area contributed by atoms with E-state index in [-0.39, 0.29) is 12.1 Å². The Bertz CT molecular complexity index is 569. The zero-order valence-corrected chi connectivity index (χ0v) is 9.74. The number of aromatic amines is 1. The number of thiazole rings is 1. The van der Waals surface area contributed by atoms with E-state index < -0.39 is 5.97 Å². The molecule has 0 bridgehead atoms. The van der Waals surface area contributed by atoms with Crippen molar-refractivity contribution in [1.82, 2.24) is 14.5 Å². The maximum absolute atomic E-state index is 11.3. The third kappa shape index (κ3) is 2.82. The van der Waals surface area contributed by atoms with Crippen molar-refractivity contribution in [1.29, 1.82) is 0 Å². The number of carboxylic acids is 1. The fourth-order valence-corrected chi connectivity index (χ4v) is 2.25. The molecule has 2 aromatic rings. The molecule has 2 aromatic heterocycles. The maximum atomic E-state index is 11.3. The van der Waals surface area contributed by atoms with Crippen LogP contribution in [0, 0.1) is 0 Å². The first kappa shape index (κ1) is 11.6.